The maximum absolute atomic E-state index is 12.7. The quantitative estimate of drug-likeness (QED) is 0.534. The van der Waals surface area contributed by atoms with Gasteiger partial charge >= 0.3 is 0 Å². The smallest absolute Gasteiger partial charge is 0.267 e. The van der Waals surface area contributed by atoms with Crippen molar-refractivity contribution < 1.29 is 4.79 Å². The van der Waals surface area contributed by atoms with Crippen LogP contribution in [0.15, 0.2) is 65.3 Å². The van der Waals surface area contributed by atoms with Crippen molar-refractivity contribution in [2.24, 2.45) is 4.99 Å². The molecular formula is C18H13Cl2N3OS. The third-order valence-corrected chi connectivity index (χ3v) is 5.01. The topological polar surface area (TPSA) is 45.6 Å². The number of carbonyl (C=O) groups excluding carboxylic acids is 1. The lowest BCUT2D eigenvalue weighted by molar-refractivity contribution is -0.121. The van der Waals surface area contributed by atoms with E-state index in [2.05, 4.69) is 16.6 Å². The van der Waals surface area contributed by atoms with Crippen LogP contribution in [0.2, 0.25) is 10.0 Å². The molecule has 0 radical (unpaired) electrons. The lowest BCUT2D eigenvalue weighted by Gasteiger charge is -2.12. The van der Waals surface area contributed by atoms with E-state index in [4.69, 9.17) is 23.2 Å². The average Bonchev–Trinajstić information content (AvgIpc) is 2.88. The van der Waals surface area contributed by atoms with Crippen LogP contribution < -0.4 is 0 Å². The van der Waals surface area contributed by atoms with Gasteiger partial charge in [-0.3, -0.25) is 14.7 Å². The molecule has 0 N–H and O–H groups in total. The van der Waals surface area contributed by atoms with Gasteiger partial charge < -0.3 is 0 Å². The summed E-state index contributed by atoms with van der Waals surface area (Å²) in [6.07, 6.45) is 6.65. The fourth-order valence-electron chi connectivity index (χ4n) is 2.19. The highest BCUT2D eigenvalue weighted by molar-refractivity contribution is 8.18. The van der Waals surface area contributed by atoms with E-state index < -0.39 is 0 Å². The Labute approximate surface area is 159 Å². The Morgan fingerprint density at radius 2 is 2.00 bits per heavy atom. The fourth-order valence-corrected chi connectivity index (χ4v) is 3.69. The first-order valence-corrected chi connectivity index (χ1v) is 8.92. The lowest BCUT2D eigenvalue weighted by atomic mass is 10.2. The molecule has 4 nitrogen and oxygen atoms in total. The summed E-state index contributed by atoms with van der Waals surface area (Å²) in [5, 5.41) is 1.54. The number of carbonyl (C=O) groups is 1. The van der Waals surface area contributed by atoms with Gasteiger partial charge in [-0.25, -0.2) is 4.99 Å². The summed E-state index contributed by atoms with van der Waals surface area (Å²) in [7, 11) is 0. The molecule has 2 aromatic rings. The van der Waals surface area contributed by atoms with Crippen molar-refractivity contribution in [3.05, 3.63) is 75.9 Å². The number of nitrogens with zero attached hydrogens (tertiary/aromatic N) is 3. The molecule has 25 heavy (non-hydrogen) atoms. The number of thioether (sulfide) groups is 1. The van der Waals surface area contributed by atoms with Crippen LogP contribution in [0.25, 0.3) is 6.08 Å². The number of rotatable bonds is 4. The number of pyridine rings is 1. The third kappa shape index (κ3) is 3.95. The van der Waals surface area contributed by atoms with Crippen LogP contribution in [-0.4, -0.2) is 27.5 Å². The molecule has 1 aromatic heterocycles. The zero-order chi connectivity index (χ0) is 17.8. The maximum Gasteiger partial charge on any atom is 0.267 e. The lowest BCUT2D eigenvalue weighted by Crippen LogP contribution is -2.29. The zero-order valence-corrected chi connectivity index (χ0v) is 15.4. The van der Waals surface area contributed by atoms with Gasteiger partial charge in [0, 0.05) is 28.4 Å². The highest BCUT2D eigenvalue weighted by Gasteiger charge is 2.32. The predicted octanol–water partition coefficient (Wildman–Crippen LogP) is 5.18. The van der Waals surface area contributed by atoms with Gasteiger partial charge in [0.15, 0.2) is 5.17 Å². The molecule has 0 saturated carbocycles. The number of benzene rings is 1. The van der Waals surface area contributed by atoms with E-state index in [0.29, 0.717) is 37.9 Å². The van der Waals surface area contributed by atoms with Crippen LogP contribution in [0.4, 0.5) is 5.69 Å². The van der Waals surface area contributed by atoms with Crippen LogP contribution in [0.3, 0.4) is 0 Å². The van der Waals surface area contributed by atoms with E-state index in [1.807, 2.05) is 6.07 Å². The Morgan fingerprint density at radius 1 is 1.24 bits per heavy atom. The Bertz CT molecular complexity index is 861. The van der Waals surface area contributed by atoms with Crippen LogP contribution in [0, 0.1) is 0 Å². The number of aliphatic imine (C=N–C) groups is 1. The highest BCUT2D eigenvalue weighted by atomic mass is 35.5. The summed E-state index contributed by atoms with van der Waals surface area (Å²) in [5.74, 6) is -0.163. The van der Waals surface area contributed by atoms with Gasteiger partial charge in [-0.1, -0.05) is 35.3 Å². The molecule has 0 spiro atoms. The molecule has 0 aliphatic carbocycles. The molecular weight excluding hydrogens is 377 g/mol. The van der Waals surface area contributed by atoms with Gasteiger partial charge in [0.05, 0.1) is 16.8 Å². The first kappa shape index (κ1) is 17.7. The predicted molar refractivity (Wildman–Crippen MR) is 105 cm³/mol. The molecule has 126 valence electrons. The number of halogens is 2. The van der Waals surface area contributed by atoms with E-state index in [-0.39, 0.29) is 5.91 Å². The first-order valence-electron chi connectivity index (χ1n) is 7.35. The molecule has 2 heterocycles. The van der Waals surface area contributed by atoms with E-state index in [1.54, 1.807) is 53.7 Å². The molecule has 0 unspecified atom stereocenters. The Kier molecular flexibility index (Phi) is 5.58. The van der Waals surface area contributed by atoms with Gasteiger partial charge in [0.1, 0.15) is 0 Å². The largest absolute Gasteiger partial charge is 0.283 e. The monoisotopic (exact) mass is 389 g/mol. The number of amidine groups is 1. The maximum atomic E-state index is 12.7. The molecule has 1 aliphatic rings. The molecule has 1 fully saturated rings. The summed E-state index contributed by atoms with van der Waals surface area (Å²) >= 11 is 13.7. The number of hydrogen-bond donors (Lipinski definition) is 0. The second-order valence-corrected chi connectivity index (χ2v) is 6.88. The molecule has 0 bridgehead atoms. The molecule has 0 atom stereocenters. The van der Waals surface area contributed by atoms with E-state index in [1.165, 1.54) is 11.8 Å². The second kappa shape index (κ2) is 7.87. The van der Waals surface area contributed by atoms with Crippen molar-refractivity contribution in [1.82, 2.24) is 9.88 Å². The molecule has 1 amide bonds. The summed E-state index contributed by atoms with van der Waals surface area (Å²) in [6, 6.07) is 8.84. The number of aromatic nitrogens is 1. The Balaban J connectivity index is 2.00. The van der Waals surface area contributed by atoms with E-state index in [0.717, 1.165) is 0 Å². The van der Waals surface area contributed by atoms with Crippen LogP contribution in [0.1, 0.15) is 5.56 Å². The fraction of sp³-hybridized carbons (Fsp3) is 0.0556. The Hall–Kier alpha value is -2.08. The highest BCUT2D eigenvalue weighted by Crippen LogP contribution is 2.36. The van der Waals surface area contributed by atoms with Crippen molar-refractivity contribution in [2.45, 2.75) is 0 Å². The molecule has 1 aromatic carbocycles. The van der Waals surface area contributed by atoms with Crippen LogP contribution >= 0.6 is 35.0 Å². The van der Waals surface area contributed by atoms with Crippen LogP contribution in [-0.2, 0) is 4.79 Å². The van der Waals surface area contributed by atoms with Crippen molar-refractivity contribution in [2.75, 3.05) is 6.54 Å². The van der Waals surface area contributed by atoms with Gasteiger partial charge in [0.2, 0.25) is 0 Å². The van der Waals surface area contributed by atoms with Gasteiger partial charge in [-0.15, -0.1) is 6.58 Å². The van der Waals surface area contributed by atoms with Gasteiger partial charge in [-0.05, 0) is 42.1 Å². The second-order valence-electron chi connectivity index (χ2n) is 5.06. The molecule has 1 saturated heterocycles. The van der Waals surface area contributed by atoms with Crippen LogP contribution in [0.5, 0.6) is 0 Å². The van der Waals surface area contributed by atoms with Gasteiger partial charge in [-0.2, -0.15) is 0 Å². The number of hydrogen-bond acceptors (Lipinski definition) is 4. The SMILES string of the molecule is C=CCN1C(=O)/C(=C/c2c(Cl)cccc2Cl)SC1=Nc1cccnc1. The molecule has 1 aliphatic heterocycles. The summed E-state index contributed by atoms with van der Waals surface area (Å²) in [4.78, 5) is 23.3. The van der Waals surface area contributed by atoms with Crippen molar-refractivity contribution in [3.8, 4) is 0 Å². The van der Waals surface area contributed by atoms with Crippen molar-refractivity contribution in [1.29, 1.82) is 0 Å². The van der Waals surface area contributed by atoms with Crippen molar-refractivity contribution in [3.63, 3.8) is 0 Å². The summed E-state index contributed by atoms with van der Waals surface area (Å²) in [6.45, 7) is 4.06. The minimum absolute atomic E-state index is 0.163. The summed E-state index contributed by atoms with van der Waals surface area (Å²) < 4.78 is 0. The van der Waals surface area contributed by atoms with Crippen molar-refractivity contribution >= 4 is 57.8 Å². The molecule has 3 rings (SSSR count). The average molecular weight is 390 g/mol. The van der Waals surface area contributed by atoms with E-state index >= 15 is 0 Å². The first-order chi connectivity index (χ1) is 12.1. The normalized spacial score (nSPS) is 17.5. The third-order valence-electron chi connectivity index (χ3n) is 3.35. The summed E-state index contributed by atoms with van der Waals surface area (Å²) in [5.41, 5.74) is 1.28. The minimum atomic E-state index is -0.163. The standard InChI is InChI=1S/C18H13Cl2N3OS/c1-2-9-23-17(24)16(10-13-14(19)6-3-7-15(13)20)25-18(23)22-12-5-4-8-21-11-12/h2-8,10-11H,1,9H2/b16-10-,22-18?. The van der Waals surface area contributed by atoms with Gasteiger partial charge in [0.25, 0.3) is 5.91 Å². The zero-order valence-electron chi connectivity index (χ0n) is 13.0. The minimum Gasteiger partial charge on any atom is -0.283 e. The number of amides is 1. The molecule has 7 heteroatoms. The van der Waals surface area contributed by atoms with E-state index in [9.17, 15) is 4.79 Å². The Morgan fingerprint density at radius 3 is 2.64 bits per heavy atom.